The minimum absolute atomic E-state index is 0.318. The Balaban J connectivity index is 1.92. The average molecular weight is 317 g/mol. The normalized spacial score (nSPS) is 10.5. The molecule has 0 bridgehead atoms. The van der Waals surface area contributed by atoms with Gasteiger partial charge in [0, 0.05) is 5.56 Å². The summed E-state index contributed by atoms with van der Waals surface area (Å²) in [6.45, 7) is 0.679. The van der Waals surface area contributed by atoms with Gasteiger partial charge in [-0.1, -0.05) is 11.2 Å². The van der Waals surface area contributed by atoms with Gasteiger partial charge in [-0.25, -0.2) is 0 Å². The number of nitrogens with zero attached hydrogens (tertiary/aromatic N) is 1. The van der Waals surface area contributed by atoms with E-state index in [9.17, 15) is 0 Å². The molecule has 0 aliphatic heterocycles. The summed E-state index contributed by atoms with van der Waals surface area (Å²) < 4.78 is 21.6. The predicted octanol–water partition coefficient (Wildman–Crippen LogP) is 2.97. The van der Waals surface area contributed by atoms with Crippen LogP contribution in [-0.4, -0.2) is 38.9 Å². The van der Waals surface area contributed by atoms with Crippen molar-refractivity contribution < 1.29 is 24.2 Å². The molecule has 1 N–H and O–H groups in total. The molecule has 6 nitrogen and oxygen atoms in total. The third-order valence-electron chi connectivity index (χ3n) is 3.08. The Hall–Kier alpha value is -2.89. The second-order valence-corrected chi connectivity index (χ2v) is 4.50. The van der Waals surface area contributed by atoms with Crippen LogP contribution in [0, 0.1) is 0 Å². The lowest BCUT2D eigenvalue weighted by Crippen LogP contribution is -2.10. The van der Waals surface area contributed by atoms with Crippen molar-refractivity contribution in [2.45, 2.75) is 0 Å². The van der Waals surface area contributed by atoms with Crippen molar-refractivity contribution >= 4 is 6.21 Å². The highest BCUT2D eigenvalue weighted by Crippen LogP contribution is 2.30. The lowest BCUT2D eigenvalue weighted by Gasteiger charge is -2.13. The molecule has 6 heteroatoms. The second kappa shape index (κ2) is 8.53. The van der Waals surface area contributed by atoms with Crippen LogP contribution in [0.1, 0.15) is 5.56 Å². The van der Waals surface area contributed by atoms with Gasteiger partial charge >= 0.3 is 0 Å². The van der Waals surface area contributed by atoms with Crippen LogP contribution in [0.25, 0.3) is 0 Å². The molecule has 0 heterocycles. The highest BCUT2D eigenvalue weighted by Gasteiger charge is 2.09. The van der Waals surface area contributed by atoms with E-state index >= 15 is 0 Å². The Morgan fingerprint density at radius 1 is 0.913 bits per heavy atom. The van der Waals surface area contributed by atoms with Crippen LogP contribution in [0.3, 0.4) is 0 Å². The Kier molecular flexibility index (Phi) is 6.11. The van der Waals surface area contributed by atoms with Gasteiger partial charge in [0.15, 0.2) is 11.5 Å². The first-order chi connectivity index (χ1) is 11.3. The number of rotatable bonds is 8. The lowest BCUT2D eigenvalue weighted by atomic mass is 10.2. The second-order valence-electron chi connectivity index (χ2n) is 4.50. The summed E-state index contributed by atoms with van der Waals surface area (Å²) in [4.78, 5) is 0. The van der Waals surface area contributed by atoms with E-state index in [1.54, 1.807) is 32.4 Å². The molecule has 0 unspecified atom stereocenters. The molecule has 0 aliphatic rings. The Morgan fingerprint density at radius 2 is 1.61 bits per heavy atom. The van der Waals surface area contributed by atoms with Crippen LogP contribution in [-0.2, 0) is 0 Å². The standard InChI is InChI=1S/C17H19NO5/c1-20-14-6-8-15(9-7-14)22-10-11-23-17-13(12-18-19)4-3-5-16(17)21-2/h3-9,12,19H,10-11H2,1-2H3/b18-12+. The van der Waals surface area contributed by atoms with Gasteiger partial charge in [-0.05, 0) is 36.4 Å². The molecular weight excluding hydrogens is 298 g/mol. The fraction of sp³-hybridized carbons (Fsp3) is 0.235. The van der Waals surface area contributed by atoms with Crippen LogP contribution in [0.5, 0.6) is 23.0 Å². The zero-order valence-electron chi connectivity index (χ0n) is 13.1. The minimum atomic E-state index is 0.318. The molecular formula is C17H19NO5. The van der Waals surface area contributed by atoms with E-state index in [0.29, 0.717) is 30.3 Å². The smallest absolute Gasteiger partial charge is 0.170 e. The van der Waals surface area contributed by atoms with Gasteiger partial charge in [0.25, 0.3) is 0 Å². The molecule has 0 spiro atoms. The number of hydrogen-bond acceptors (Lipinski definition) is 6. The van der Waals surface area contributed by atoms with Crippen LogP contribution < -0.4 is 18.9 Å². The highest BCUT2D eigenvalue weighted by atomic mass is 16.5. The van der Waals surface area contributed by atoms with Crippen molar-refractivity contribution in [3.63, 3.8) is 0 Å². The Bertz CT molecular complexity index is 640. The van der Waals surface area contributed by atoms with E-state index in [0.717, 1.165) is 11.5 Å². The largest absolute Gasteiger partial charge is 0.497 e. The number of methoxy groups -OCH3 is 2. The summed E-state index contributed by atoms with van der Waals surface area (Å²) in [5.74, 6) is 2.57. The van der Waals surface area contributed by atoms with Gasteiger partial charge in [0.2, 0.25) is 0 Å². The molecule has 2 rings (SSSR count). The molecule has 0 saturated heterocycles. The lowest BCUT2D eigenvalue weighted by molar-refractivity contribution is 0.211. The van der Waals surface area contributed by atoms with Crippen LogP contribution in [0.4, 0.5) is 0 Å². The molecule has 0 atom stereocenters. The molecule has 0 saturated carbocycles. The number of benzene rings is 2. The van der Waals surface area contributed by atoms with Gasteiger partial charge in [0.05, 0.1) is 20.4 Å². The number of hydrogen-bond donors (Lipinski definition) is 1. The van der Waals surface area contributed by atoms with Gasteiger partial charge in [-0.15, -0.1) is 0 Å². The SMILES string of the molecule is COc1ccc(OCCOc2c(/C=N/O)cccc2OC)cc1. The van der Waals surface area contributed by atoms with Gasteiger partial charge in [-0.2, -0.15) is 0 Å². The molecule has 0 fully saturated rings. The van der Waals surface area contributed by atoms with E-state index < -0.39 is 0 Å². The predicted molar refractivity (Wildman–Crippen MR) is 86.4 cm³/mol. The maximum Gasteiger partial charge on any atom is 0.170 e. The molecule has 0 amide bonds. The van der Waals surface area contributed by atoms with Crippen LogP contribution in [0.15, 0.2) is 47.6 Å². The molecule has 2 aromatic carbocycles. The van der Waals surface area contributed by atoms with E-state index in [-0.39, 0.29) is 0 Å². The molecule has 122 valence electrons. The molecule has 0 aliphatic carbocycles. The minimum Gasteiger partial charge on any atom is -0.497 e. The van der Waals surface area contributed by atoms with Crippen molar-refractivity contribution in [3.05, 3.63) is 48.0 Å². The first-order valence-corrected chi connectivity index (χ1v) is 7.02. The van der Waals surface area contributed by atoms with Crippen LogP contribution >= 0.6 is 0 Å². The number of para-hydroxylation sites is 1. The van der Waals surface area contributed by atoms with E-state index in [4.69, 9.17) is 24.2 Å². The monoisotopic (exact) mass is 317 g/mol. The number of ether oxygens (including phenoxy) is 4. The van der Waals surface area contributed by atoms with E-state index in [1.165, 1.54) is 6.21 Å². The fourth-order valence-corrected chi connectivity index (χ4v) is 1.99. The molecule has 2 aromatic rings. The summed E-state index contributed by atoms with van der Waals surface area (Å²) in [7, 11) is 3.17. The highest BCUT2D eigenvalue weighted by molar-refractivity contribution is 5.84. The zero-order valence-corrected chi connectivity index (χ0v) is 13.1. The van der Waals surface area contributed by atoms with Gasteiger partial charge in [0.1, 0.15) is 24.7 Å². The third kappa shape index (κ3) is 4.54. The average Bonchev–Trinajstić information content (AvgIpc) is 2.60. The summed E-state index contributed by atoms with van der Waals surface area (Å²) in [5.41, 5.74) is 0.622. The van der Waals surface area contributed by atoms with E-state index in [2.05, 4.69) is 5.16 Å². The van der Waals surface area contributed by atoms with Gasteiger partial charge in [-0.3, -0.25) is 0 Å². The topological polar surface area (TPSA) is 69.5 Å². The summed E-state index contributed by atoms with van der Waals surface area (Å²) in [6.07, 6.45) is 1.29. The third-order valence-corrected chi connectivity index (χ3v) is 3.08. The Labute approximate surface area is 134 Å². The maximum absolute atomic E-state index is 8.71. The van der Waals surface area contributed by atoms with Gasteiger partial charge < -0.3 is 24.2 Å². The number of oxime groups is 1. The molecule has 0 radical (unpaired) electrons. The van der Waals surface area contributed by atoms with Crippen molar-refractivity contribution in [1.29, 1.82) is 0 Å². The quantitative estimate of drug-likeness (QED) is 0.351. The van der Waals surface area contributed by atoms with Crippen molar-refractivity contribution in [2.75, 3.05) is 27.4 Å². The van der Waals surface area contributed by atoms with Crippen molar-refractivity contribution in [3.8, 4) is 23.0 Å². The maximum atomic E-state index is 8.71. The summed E-state index contributed by atoms with van der Waals surface area (Å²) in [6, 6.07) is 12.6. The molecule has 23 heavy (non-hydrogen) atoms. The summed E-state index contributed by atoms with van der Waals surface area (Å²) >= 11 is 0. The molecule has 0 aromatic heterocycles. The fourth-order valence-electron chi connectivity index (χ4n) is 1.99. The van der Waals surface area contributed by atoms with Crippen molar-refractivity contribution in [2.24, 2.45) is 5.16 Å². The summed E-state index contributed by atoms with van der Waals surface area (Å²) in [5, 5.41) is 11.7. The zero-order chi connectivity index (χ0) is 16.5. The Morgan fingerprint density at radius 3 is 2.26 bits per heavy atom. The first-order valence-electron chi connectivity index (χ1n) is 7.02. The van der Waals surface area contributed by atoms with Crippen molar-refractivity contribution in [1.82, 2.24) is 0 Å². The van der Waals surface area contributed by atoms with E-state index in [1.807, 2.05) is 24.3 Å². The first kappa shape index (κ1) is 16.5. The van der Waals surface area contributed by atoms with Crippen LogP contribution in [0.2, 0.25) is 0 Å².